The lowest BCUT2D eigenvalue weighted by atomic mass is 10.1. The van der Waals surface area contributed by atoms with Crippen LogP contribution in [0.5, 0.6) is 5.75 Å². The highest BCUT2D eigenvalue weighted by Gasteiger charge is 2.20. The van der Waals surface area contributed by atoms with E-state index >= 15 is 0 Å². The summed E-state index contributed by atoms with van der Waals surface area (Å²) in [7, 11) is 3.41. The third-order valence-electron chi connectivity index (χ3n) is 2.88. The average Bonchev–Trinajstić information content (AvgIpc) is 2.39. The molecule has 1 aromatic carbocycles. The first-order chi connectivity index (χ1) is 7.83. The van der Waals surface area contributed by atoms with Crippen LogP contribution >= 0.6 is 0 Å². The number of benzene rings is 1. The standard InChI is InChI=1S/C12H18N2O2/c1-15-10-5-3-9(4-6-10)12-13-7-11(16-2)8-14-12/h3-6,11-14H,7-8H2,1-2H3. The van der Waals surface area contributed by atoms with Crippen LogP contribution in [0.25, 0.3) is 0 Å². The molecular formula is C12H18N2O2. The number of methoxy groups -OCH3 is 2. The average molecular weight is 222 g/mol. The van der Waals surface area contributed by atoms with Crippen LogP contribution in [-0.2, 0) is 4.74 Å². The molecule has 0 atom stereocenters. The molecule has 0 amide bonds. The number of ether oxygens (including phenoxy) is 2. The van der Waals surface area contributed by atoms with Crippen molar-refractivity contribution in [2.24, 2.45) is 0 Å². The molecule has 0 spiro atoms. The molecule has 0 unspecified atom stereocenters. The van der Waals surface area contributed by atoms with Crippen LogP contribution in [0.1, 0.15) is 11.7 Å². The van der Waals surface area contributed by atoms with Crippen LogP contribution in [0.3, 0.4) is 0 Å². The molecule has 0 saturated carbocycles. The highest BCUT2D eigenvalue weighted by molar-refractivity contribution is 5.29. The van der Waals surface area contributed by atoms with Gasteiger partial charge >= 0.3 is 0 Å². The van der Waals surface area contributed by atoms with Gasteiger partial charge in [0.05, 0.1) is 19.4 Å². The van der Waals surface area contributed by atoms with Gasteiger partial charge in [0.2, 0.25) is 0 Å². The fraction of sp³-hybridized carbons (Fsp3) is 0.500. The third-order valence-corrected chi connectivity index (χ3v) is 2.88. The predicted molar refractivity (Wildman–Crippen MR) is 62.5 cm³/mol. The number of nitrogens with one attached hydrogen (secondary N) is 2. The molecule has 1 heterocycles. The Labute approximate surface area is 95.9 Å². The zero-order chi connectivity index (χ0) is 11.4. The molecule has 2 N–H and O–H groups in total. The van der Waals surface area contributed by atoms with Gasteiger partial charge < -0.3 is 9.47 Å². The molecule has 4 heteroatoms. The summed E-state index contributed by atoms with van der Waals surface area (Å²) in [4.78, 5) is 0. The molecule has 1 aromatic rings. The van der Waals surface area contributed by atoms with Gasteiger partial charge in [0.25, 0.3) is 0 Å². The van der Waals surface area contributed by atoms with Gasteiger partial charge in [-0.1, -0.05) is 12.1 Å². The van der Waals surface area contributed by atoms with Crippen molar-refractivity contribution in [3.05, 3.63) is 29.8 Å². The highest BCUT2D eigenvalue weighted by atomic mass is 16.5. The number of hydrogen-bond donors (Lipinski definition) is 2. The van der Waals surface area contributed by atoms with Crippen molar-refractivity contribution in [1.82, 2.24) is 10.6 Å². The van der Waals surface area contributed by atoms with Crippen molar-refractivity contribution in [3.8, 4) is 5.75 Å². The van der Waals surface area contributed by atoms with Gasteiger partial charge in [-0.05, 0) is 17.7 Å². The summed E-state index contributed by atoms with van der Waals surface area (Å²) in [5.41, 5.74) is 1.22. The van der Waals surface area contributed by atoms with Gasteiger partial charge in [-0.2, -0.15) is 0 Å². The molecule has 1 aliphatic rings. The van der Waals surface area contributed by atoms with E-state index in [0.29, 0.717) is 0 Å². The van der Waals surface area contributed by atoms with Crippen LogP contribution in [0.4, 0.5) is 0 Å². The Bertz CT molecular complexity index is 318. The zero-order valence-electron chi connectivity index (χ0n) is 9.69. The SMILES string of the molecule is COc1ccc(C2NCC(OC)CN2)cc1. The number of rotatable bonds is 3. The van der Waals surface area contributed by atoms with Gasteiger partial charge in [-0.15, -0.1) is 0 Å². The topological polar surface area (TPSA) is 42.5 Å². The minimum Gasteiger partial charge on any atom is -0.497 e. The lowest BCUT2D eigenvalue weighted by Gasteiger charge is -2.30. The Morgan fingerprint density at radius 3 is 2.19 bits per heavy atom. The molecular weight excluding hydrogens is 204 g/mol. The van der Waals surface area contributed by atoms with Crippen LogP contribution in [-0.4, -0.2) is 33.4 Å². The largest absolute Gasteiger partial charge is 0.497 e. The fourth-order valence-corrected chi connectivity index (χ4v) is 1.84. The van der Waals surface area contributed by atoms with E-state index in [9.17, 15) is 0 Å². The molecule has 2 rings (SSSR count). The van der Waals surface area contributed by atoms with Crippen LogP contribution < -0.4 is 15.4 Å². The predicted octanol–water partition coefficient (Wildman–Crippen LogP) is 0.902. The molecule has 4 nitrogen and oxygen atoms in total. The Balaban J connectivity index is 1.97. The van der Waals surface area contributed by atoms with E-state index < -0.39 is 0 Å². The van der Waals surface area contributed by atoms with E-state index in [1.807, 2.05) is 12.1 Å². The van der Waals surface area contributed by atoms with E-state index in [1.165, 1.54) is 5.56 Å². The Kier molecular flexibility index (Phi) is 3.77. The molecule has 0 aliphatic carbocycles. The first-order valence-corrected chi connectivity index (χ1v) is 5.47. The highest BCUT2D eigenvalue weighted by Crippen LogP contribution is 2.17. The molecule has 88 valence electrons. The lowest BCUT2D eigenvalue weighted by molar-refractivity contribution is 0.0742. The lowest BCUT2D eigenvalue weighted by Crippen LogP contribution is -2.50. The normalized spacial score (nSPS) is 25.4. The minimum atomic E-state index is 0.206. The third kappa shape index (κ3) is 2.52. The molecule has 16 heavy (non-hydrogen) atoms. The van der Waals surface area contributed by atoms with Crippen molar-refractivity contribution in [1.29, 1.82) is 0 Å². The van der Waals surface area contributed by atoms with Crippen LogP contribution in [0.2, 0.25) is 0 Å². The van der Waals surface area contributed by atoms with Crippen molar-refractivity contribution < 1.29 is 9.47 Å². The summed E-state index contributed by atoms with van der Waals surface area (Å²) in [6.45, 7) is 1.75. The molecule has 1 fully saturated rings. The maximum absolute atomic E-state index is 5.27. The van der Waals surface area contributed by atoms with Crippen LogP contribution in [0, 0.1) is 0 Å². The summed E-state index contributed by atoms with van der Waals surface area (Å²) in [5, 5.41) is 6.79. The van der Waals surface area contributed by atoms with Gasteiger partial charge in [-0.3, -0.25) is 10.6 Å². The first kappa shape index (κ1) is 11.4. The van der Waals surface area contributed by atoms with E-state index in [1.54, 1.807) is 14.2 Å². The summed E-state index contributed by atoms with van der Waals surface area (Å²) >= 11 is 0. The Morgan fingerprint density at radius 1 is 1.06 bits per heavy atom. The summed E-state index contributed by atoms with van der Waals surface area (Å²) < 4.78 is 10.4. The minimum absolute atomic E-state index is 0.206. The van der Waals surface area contributed by atoms with E-state index in [4.69, 9.17) is 9.47 Å². The maximum Gasteiger partial charge on any atom is 0.118 e. The van der Waals surface area contributed by atoms with Crippen LogP contribution in [0.15, 0.2) is 24.3 Å². The molecule has 0 radical (unpaired) electrons. The van der Waals surface area contributed by atoms with Gasteiger partial charge in [-0.25, -0.2) is 0 Å². The van der Waals surface area contributed by atoms with Crippen molar-refractivity contribution in [2.45, 2.75) is 12.3 Å². The smallest absolute Gasteiger partial charge is 0.118 e. The Hall–Kier alpha value is -1.10. The van der Waals surface area contributed by atoms with Gasteiger partial charge in [0.1, 0.15) is 5.75 Å². The van der Waals surface area contributed by atoms with Gasteiger partial charge in [0, 0.05) is 20.2 Å². The second kappa shape index (κ2) is 5.30. The van der Waals surface area contributed by atoms with Crippen molar-refractivity contribution in [2.75, 3.05) is 27.3 Å². The second-order valence-corrected chi connectivity index (χ2v) is 3.88. The first-order valence-electron chi connectivity index (χ1n) is 5.47. The summed E-state index contributed by atoms with van der Waals surface area (Å²) in [6.07, 6.45) is 0.465. The number of hydrogen-bond acceptors (Lipinski definition) is 4. The summed E-state index contributed by atoms with van der Waals surface area (Å²) in [6, 6.07) is 8.08. The van der Waals surface area contributed by atoms with Crippen molar-refractivity contribution in [3.63, 3.8) is 0 Å². The molecule has 0 bridgehead atoms. The monoisotopic (exact) mass is 222 g/mol. The zero-order valence-corrected chi connectivity index (χ0v) is 9.69. The fourth-order valence-electron chi connectivity index (χ4n) is 1.84. The molecule has 1 saturated heterocycles. The van der Waals surface area contributed by atoms with Gasteiger partial charge in [0.15, 0.2) is 0 Å². The van der Waals surface area contributed by atoms with E-state index in [-0.39, 0.29) is 12.3 Å². The second-order valence-electron chi connectivity index (χ2n) is 3.88. The van der Waals surface area contributed by atoms with E-state index in [0.717, 1.165) is 18.8 Å². The van der Waals surface area contributed by atoms with E-state index in [2.05, 4.69) is 22.8 Å². The van der Waals surface area contributed by atoms with Crippen molar-refractivity contribution >= 4 is 0 Å². The molecule has 1 aliphatic heterocycles. The molecule has 0 aromatic heterocycles. The summed E-state index contributed by atoms with van der Waals surface area (Å²) in [5.74, 6) is 0.884. The Morgan fingerprint density at radius 2 is 1.69 bits per heavy atom. The quantitative estimate of drug-likeness (QED) is 0.797. The maximum atomic E-state index is 5.27.